The largest absolute Gasteiger partial charge is 0.399 e. The number of fused-ring (bicyclic) bond motifs is 1. The van der Waals surface area contributed by atoms with Crippen molar-refractivity contribution in [3.8, 4) is 0 Å². The van der Waals surface area contributed by atoms with Gasteiger partial charge >= 0.3 is 0 Å². The fourth-order valence-corrected chi connectivity index (χ4v) is 2.22. The molecule has 0 aromatic heterocycles. The van der Waals surface area contributed by atoms with E-state index in [1.165, 1.54) is 4.90 Å². The molecule has 17 heavy (non-hydrogen) atoms. The van der Waals surface area contributed by atoms with Crippen LogP contribution in [0.1, 0.15) is 47.4 Å². The van der Waals surface area contributed by atoms with E-state index in [1.54, 1.807) is 18.2 Å². The number of benzene rings is 1. The van der Waals surface area contributed by atoms with Gasteiger partial charge in [-0.05, 0) is 31.5 Å². The van der Waals surface area contributed by atoms with Crippen molar-refractivity contribution in [3.63, 3.8) is 0 Å². The van der Waals surface area contributed by atoms with Crippen LogP contribution in [0.15, 0.2) is 18.2 Å². The molecular weight excluding hydrogens is 216 g/mol. The highest BCUT2D eigenvalue weighted by atomic mass is 16.2. The fourth-order valence-electron chi connectivity index (χ4n) is 2.22. The van der Waals surface area contributed by atoms with Crippen LogP contribution in [0.3, 0.4) is 0 Å². The van der Waals surface area contributed by atoms with E-state index in [2.05, 4.69) is 0 Å². The molecule has 1 unspecified atom stereocenters. The number of imide groups is 1. The van der Waals surface area contributed by atoms with Gasteiger partial charge in [0.1, 0.15) is 0 Å². The average molecular weight is 232 g/mol. The second-order valence-corrected chi connectivity index (χ2v) is 4.42. The van der Waals surface area contributed by atoms with Gasteiger partial charge in [-0.2, -0.15) is 0 Å². The van der Waals surface area contributed by atoms with Crippen molar-refractivity contribution in [1.29, 1.82) is 0 Å². The maximum atomic E-state index is 12.1. The first kappa shape index (κ1) is 11.6. The highest BCUT2D eigenvalue weighted by Gasteiger charge is 2.37. The molecule has 2 amide bonds. The topological polar surface area (TPSA) is 63.4 Å². The lowest BCUT2D eigenvalue weighted by Crippen LogP contribution is -2.37. The van der Waals surface area contributed by atoms with E-state index < -0.39 is 0 Å². The van der Waals surface area contributed by atoms with Crippen LogP contribution in [0.25, 0.3) is 0 Å². The highest BCUT2D eigenvalue weighted by molar-refractivity contribution is 6.21. The molecule has 2 rings (SSSR count). The quantitative estimate of drug-likeness (QED) is 0.640. The Kier molecular flexibility index (Phi) is 2.88. The summed E-state index contributed by atoms with van der Waals surface area (Å²) in [7, 11) is 0. The van der Waals surface area contributed by atoms with Gasteiger partial charge in [0.15, 0.2) is 0 Å². The molecule has 1 heterocycles. The molecule has 1 atom stereocenters. The lowest BCUT2D eigenvalue weighted by atomic mass is 10.1. The maximum Gasteiger partial charge on any atom is 0.261 e. The van der Waals surface area contributed by atoms with Gasteiger partial charge in [0.25, 0.3) is 11.8 Å². The van der Waals surface area contributed by atoms with Gasteiger partial charge in [-0.1, -0.05) is 13.3 Å². The molecule has 0 fully saturated rings. The first-order valence-corrected chi connectivity index (χ1v) is 5.83. The summed E-state index contributed by atoms with van der Waals surface area (Å²) in [6.07, 6.45) is 1.76. The molecule has 2 N–H and O–H groups in total. The molecule has 0 bridgehead atoms. The molecule has 0 aliphatic carbocycles. The van der Waals surface area contributed by atoms with E-state index in [-0.39, 0.29) is 17.9 Å². The van der Waals surface area contributed by atoms with Crippen molar-refractivity contribution in [2.45, 2.75) is 32.7 Å². The molecule has 1 aliphatic heterocycles. The number of carbonyl (C=O) groups excluding carboxylic acids is 2. The van der Waals surface area contributed by atoms with Gasteiger partial charge in [0.2, 0.25) is 0 Å². The van der Waals surface area contributed by atoms with Gasteiger partial charge < -0.3 is 5.73 Å². The van der Waals surface area contributed by atoms with E-state index in [9.17, 15) is 9.59 Å². The molecule has 0 spiro atoms. The summed E-state index contributed by atoms with van der Waals surface area (Å²) in [6.45, 7) is 3.93. The molecule has 1 aromatic carbocycles. The van der Waals surface area contributed by atoms with Gasteiger partial charge in [-0.25, -0.2) is 0 Å². The van der Waals surface area contributed by atoms with E-state index in [0.29, 0.717) is 16.8 Å². The molecular formula is C13H16N2O2. The Morgan fingerprint density at radius 2 is 1.88 bits per heavy atom. The molecule has 4 heteroatoms. The molecule has 4 nitrogen and oxygen atoms in total. The smallest absolute Gasteiger partial charge is 0.261 e. The van der Waals surface area contributed by atoms with Gasteiger partial charge in [0.05, 0.1) is 11.1 Å². The molecule has 0 saturated heterocycles. The predicted molar refractivity (Wildman–Crippen MR) is 65.7 cm³/mol. The SMILES string of the molecule is CCCC(C)N1C(=O)c2ccc(N)cc2C1=O. The summed E-state index contributed by atoms with van der Waals surface area (Å²) in [5, 5.41) is 0. The first-order valence-electron chi connectivity index (χ1n) is 5.83. The van der Waals surface area contributed by atoms with Crippen LogP contribution in [0.4, 0.5) is 5.69 Å². The molecule has 1 aliphatic rings. The first-order chi connectivity index (χ1) is 8.06. The van der Waals surface area contributed by atoms with Crippen LogP contribution in [0, 0.1) is 0 Å². The second-order valence-electron chi connectivity index (χ2n) is 4.42. The summed E-state index contributed by atoms with van der Waals surface area (Å²) in [5.41, 5.74) is 7.04. The average Bonchev–Trinajstić information content (AvgIpc) is 2.52. The van der Waals surface area contributed by atoms with Crippen LogP contribution in [-0.4, -0.2) is 22.8 Å². The van der Waals surface area contributed by atoms with Crippen LogP contribution >= 0.6 is 0 Å². The van der Waals surface area contributed by atoms with Crippen molar-refractivity contribution >= 4 is 17.5 Å². The summed E-state index contributed by atoms with van der Waals surface area (Å²) in [4.78, 5) is 25.6. The monoisotopic (exact) mass is 232 g/mol. The summed E-state index contributed by atoms with van der Waals surface area (Å²) in [5.74, 6) is -0.427. The van der Waals surface area contributed by atoms with E-state index in [4.69, 9.17) is 5.73 Å². The predicted octanol–water partition coefficient (Wildman–Crippen LogP) is 2.05. The Morgan fingerprint density at radius 1 is 1.24 bits per heavy atom. The number of carbonyl (C=O) groups is 2. The van der Waals surface area contributed by atoms with Crippen molar-refractivity contribution < 1.29 is 9.59 Å². The number of nitrogens with two attached hydrogens (primary N) is 1. The lowest BCUT2D eigenvalue weighted by molar-refractivity contribution is 0.0589. The zero-order valence-corrected chi connectivity index (χ0v) is 10.1. The van der Waals surface area contributed by atoms with Crippen molar-refractivity contribution in [2.75, 3.05) is 5.73 Å². The number of anilines is 1. The zero-order valence-electron chi connectivity index (χ0n) is 10.1. The number of hydrogen-bond acceptors (Lipinski definition) is 3. The standard InChI is InChI=1S/C13H16N2O2/c1-3-4-8(2)15-12(16)10-6-5-9(14)7-11(10)13(15)17/h5-8H,3-4,14H2,1-2H3. The Balaban J connectivity index is 2.38. The summed E-state index contributed by atoms with van der Waals surface area (Å²) in [6, 6.07) is 4.80. The third kappa shape index (κ3) is 1.79. The Morgan fingerprint density at radius 3 is 2.53 bits per heavy atom. The van der Waals surface area contributed by atoms with E-state index >= 15 is 0 Å². The number of nitrogens with zero attached hydrogens (tertiary/aromatic N) is 1. The Hall–Kier alpha value is -1.84. The van der Waals surface area contributed by atoms with E-state index in [1.807, 2.05) is 13.8 Å². The zero-order chi connectivity index (χ0) is 12.6. The minimum Gasteiger partial charge on any atom is -0.399 e. The normalized spacial score (nSPS) is 16.2. The third-order valence-electron chi connectivity index (χ3n) is 3.09. The van der Waals surface area contributed by atoms with Crippen LogP contribution in [0.5, 0.6) is 0 Å². The van der Waals surface area contributed by atoms with Crippen LogP contribution in [-0.2, 0) is 0 Å². The Labute approximate surface area is 100 Å². The van der Waals surface area contributed by atoms with E-state index in [0.717, 1.165) is 12.8 Å². The van der Waals surface area contributed by atoms with Crippen molar-refractivity contribution in [2.24, 2.45) is 0 Å². The van der Waals surface area contributed by atoms with Gasteiger partial charge in [-0.3, -0.25) is 14.5 Å². The van der Waals surface area contributed by atoms with Gasteiger partial charge in [-0.15, -0.1) is 0 Å². The minimum absolute atomic E-state index is 0.0615. The maximum absolute atomic E-state index is 12.1. The fraction of sp³-hybridized carbons (Fsp3) is 0.385. The minimum atomic E-state index is -0.224. The summed E-state index contributed by atoms with van der Waals surface area (Å²) >= 11 is 0. The lowest BCUT2D eigenvalue weighted by Gasteiger charge is -2.21. The highest BCUT2D eigenvalue weighted by Crippen LogP contribution is 2.27. The number of hydrogen-bond donors (Lipinski definition) is 1. The number of rotatable bonds is 3. The van der Waals surface area contributed by atoms with Gasteiger partial charge in [0, 0.05) is 11.7 Å². The number of amides is 2. The summed E-state index contributed by atoms with van der Waals surface area (Å²) < 4.78 is 0. The molecule has 0 saturated carbocycles. The Bertz CT molecular complexity index is 482. The van der Waals surface area contributed by atoms with Crippen molar-refractivity contribution in [3.05, 3.63) is 29.3 Å². The van der Waals surface area contributed by atoms with Crippen LogP contribution < -0.4 is 5.73 Å². The van der Waals surface area contributed by atoms with Crippen LogP contribution in [0.2, 0.25) is 0 Å². The third-order valence-corrected chi connectivity index (χ3v) is 3.09. The van der Waals surface area contributed by atoms with Crippen molar-refractivity contribution in [1.82, 2.24) is 4.90 Å². The molecule has 0 radical (unpaired) electrons. The molecule has 1 aromatic rings. The number of nitrogen functional groups attached to an aromatic ring is 1. The second kappa shape index (κ2) is 4.20. The molecule has 90 valence electrons.